The minimum absolute atomic E-state index is 0.180. The first-order valence-corrected chi connectivity index (χ1v) is 6.13. The quantitative estimate of drug-likeness (QED) is 0.544. The summed E-state index contributed by atoms with van der Waals surface area (Å²) in [5.74, 6) is 6.77. The molecule has 2 unspecified atom stereocenters. The van der Waals surface area contributed by atoms with E-state index in [0.29, 0.717) is 5.92 Å². The van der Waals surface area contributed by atoms with E-state index < -0.39 is 0 Å². The minimum Gasteiger partial charge on any atom is -0.366 e. The lowest BCUT2D eigenvalue weighted by molar-refractivity contribution is 0.397. The summed E-state index contributed by atoms with van der Waals surface area (Å²) < 4.78 is 5.29. The topological polar surface area (TPSA) is 15.8 Å². The number of epoxide rings is 1. The monoisotopic (exact) mass is 229 g/mol. The molecule has 0 aliphatic carbocycles. The third kappa shape index (κ3) is 2.45. The largest absolute Gasteiger partial charge is 0.366 e. The van der Waals surface area contributed by atoms with Gasteiger partial charge in [-0.2, -0.15) is 0 Å². The molecule has 0 saturated carbocycles. The molecule has 0 aromatic heterocycles. The fourth-order valence-electron chi connectivity index (χ4n) is 1.82. The molecule has 0 aromatic rings. The molecular weight excluding hydrogens is 210 g/mol. The Morgan fingerprint density at radius 3 is 3.00 bits per heavy atom. The lowest BCUT2D eigenvalue weighted by Gasteiger charge is -2.26. The Morgan fingerprint density at radius 1 is 1.71 bits per heavy atom. The van der Waals surface area contributed by atoms with Gasteiger partial charge < -0.3 is 9.64 Å². The Balaban J connectivity index is 2.28. The molecule has 17 heavy (non-hydrogen) atoms. The van der Waals surface area contributed by atoms with Gasteiger partial charge in [0.1, 0.15) is 6.10 Å². The van der Waals surface area contributed by atoms with E-state index in [-0.39, 0.29) is 6.10 Å². The van der Waals surface area contributed by atoms with Crippen LogP contribution in [0.2, 0.25) is 0 Å². The summed E-state index contributed by atoms with van der Waals surface area (Å²) in [6.07, 6.45) is 5.16. The Kier molecular flexibility index (Phi) is 3.40. The number of rotatable bonds is 4. The molecule has 0 bridgehead atoms. The summed E-state index contributed by atoms with van der Waals surface area (Å²) in [5, 5.41) is 0. The van der Waals surface area contributed by atoms with E-state index in [9.17, 15) is 0 Å². The third-order valence-electron chi connectivity index (χ3n) is 3.48. The van der Waals surface area contributed by atoms with Crippen LogP contribution in [0.4, 0.5) is 0 Å². The fraction of sp³-hybridized carbons (Fsp3) is 0.467. The maximum Gasteiger partial charge on any atom is 0.121 e. The molecule has 2 rings (SSSR count). The van der Waals surface area contributed by atoms with Gasteiger partial charge in [0.05, 0.1) is 12.3 Å². The Morgan fingerprint density at radius 2 is 2.41 bits per heavy atom. The predicted octanol–water partition coefficient (Wildman–Crippen LogP) is 3.05. The van der Waals surface area contributed by atoms with Gasteiger partial charge in [0.15, 0.2) is 0 Å². The Hall–Kier alpha value is -1.46. The lowest BCUT2D eigenvalue weighted by atomic mass is 9.97. The molecule has 90 valence electrons. The average molecular weight is 229 g/mol. The smallest absolute Gasteiger partial charge is 0.121 e. The summed E-state index contributed by atoms with van der Waals surface area (Å²) in [7, 11) is 0. The van der Waals surface area contributed by atoms with E-state index in [1.807, 2.05) is 12.3 Å². The summed E-state index contributed by atoms with van der Waals surface area (Å²) in [6, 6.07) is 0. The van der Waals surface area contributed by atoms with Crippen molar-refractivity contribution in [2.75, 3.05) is 6.61 Å². The van der Waals surface area contributed by atoms with Crippen LogP contribution in [-0.2, 0) is 4.74 Å². The van der Waals surface area contributed by atoms with Crippen molar-refractivity contribution >= 4 is 0 Å². The molecule has 2 atom stereocenters. The van der Waals surface area contributed by atoms with Crippen LogP contribution in [0.25, 0.3) is 0 Å². The number of allylic oxidation sites excluding steroid dienone is 3. The normalized spacial score (nSPS) is 26.1. The van der Waals surface area contributed by atoms with Crippen LogP contribution in [-0.4, -0.2) is 17.6 Å². The van der Waals surface area contributed by atoms with Gasteiger partial charge in [-0.15, -0.1) is 0 Å². The second-order valence-corrected chi connectivity index (χ2v) is 4.61. The lowest BCUT2D eigenvalue weighted by Crippen LogP contribution is -2.21. The molecule has 2 heterocycles. The van der Waals surface area contributed by atoms with Gasteiger partial charge in [-0.05, 0) is 30.8 Å². The summed E-state index contributed by atoms with van der Waals surface area (Å²) in [5.41, 5.74) is 3.39. The van der Waals surface area contributed by atoms with Gasteiger partial charge >= 0.3 is 0 Å². The van der Waals surface area contributed by atoms with Crippen molar-refractivity contribution in [3.8, 4) is 11.8 Å². The number of hydrogen-bond acceptors (Lipinski definition) is 2. The van der Waals surface area contributed by atoms with Crippen LogP contribution in [0.15, 0.2) is 35.8 Å². The fourth-order valence-corrected chi connectivity index (χ4v) is 1.82. The van der Waals surface area contributed by atoms with E-state index >= 15 is 0 Å². The third-order valence-corrected chi connectivity index (χ3v) is 3.48. The highest BCUT2D eigenvalue weighted by Gasteiger charge is 2.31. The highest BCUT2D eigenvalue weighted by atomic mass is 16.6. The van der Waals surface area contributed by atoms with Gasteiger partial charge in [0.2, 0.25) is 0 Å². The van der Waals surface area contributed by atoms with Crippen LogP contribution in [0.1, 0.15) is 27.2 Å². The molecule has 0 amide bonds. The SMILES string of the molecule is C=C(C1CO1)N1C=CC#C/C1=C(\C)C(C)CC. The van der Waals surface area contributed by atoms with E-state index in [1.165, 1.54) is 5.57 Å². The van der Waals surface area contributed by atoms with Crippen LogP contribution in [0.3, 0.4) is 0 Å². The highest BCUT2D eigenvalue weighted by Crippen LogP contribution is 2.29. The van der Waals surface area contributed by atoms with E-state index in [0.717, 1.165) is 24.4 Å². The average Bonchev–Trinajstić information content (AvgIpc) is 3.20. The van der Waals surface area contributed by atoms with Crippen LogP contribution in [0.5, 0.6) is 0 Å². The van der Waals surface area contributed by atoms with Crippen molar-refractivity contribution in [1.82, 2.24) is 4.90 Å². The van der Waals surface area contributed by atoms with Gasteiger partial charge in [0.25, 0.3) is 0 Å². The summed E-state index contributed by atoms with van der Waals surface area (Å²) in [4.78, 5) is 2.08. The molecule has 0 N–H and O–H groups in total. The summed E-state index contributed by atoms with van der Waals surface area (Å²) in [6.45, 7) is 11.5. The van der Waals surface area contributed by atoms with Gasteiger partial charge in [-0.3, -0.25) is 0 Å². The van der Waals surface area contributed by atoms with Crippen molar-refractivity contribution in [2.24, 2.45) is 5.92 Å². The molecule has 2 aliphatic rings. The van der Waals surface area contributed by atoms with Crippen molar-refractivity contribution in [3.05, 3.63) is 35.8 Å². The van der Waals surface area contributed by atoms with Crippen LogP contribution < -0.4 is 0 Å². The second kappa shape index (κ2) is 4.81. The first kappa shape index (κ1) is 12.0. The number of ether oxygens (including phenoxy) is 1. The second-order valence-electron chi connectivity index (χ2n) is 4.61. The van der Waals surface area contributed by atoms with E-state index in [2.05, 4.69) is 44.1 Å². The van der Waals surface area contributed by atoms with Crippen molar-refractivity contribution in [3.63, 3.8) is 0 Å². The zero-order chi connectivity index (χ0) is 12.4. The molecule has 2 heteroatoms. The zero-order valence-corrected chi connectivity index (χ0v) is 10.8. The van der Waals surface area contributed by atoms with Gasteiger partial charge in [-0.1, -0.05) is 26.3 Å². The van der Waals surface area contributed by atoms with E-state index in [4.69, 9.17) is 4.74 Å². The molecule has 0 spiro atoms. The standard InChI is InChI=1S/C15H19NO/c1-5-11(2)12(3)14-8-6-7-9-16(14)13(4)15-10-17-15/h7,9,11,15H,4-5,10H2,1-3H3/b14-12-. The van der Waals surface area contributed by atoms with E-state index in [1.54, 1.807) is 0 Å². The number of hydrogen-bond donors (Lipinski definition) is 0. The maximum absolute atomic E-state index is 5.29. The highest BCUT2D eigenvalue weighted by molar-refractivity contribution is 5.43. The first-order chi connectivity index (χ1) is 8.15. The zero-order valence-electron chi connectivity index (χ0n) is 10.8. The van der Waals surface area contributed by atoms with Crippen molar-refractivity contribution in [2.45, 2.75) is 33.3 Å². The van der Waals surface area contributed by atoms with Gasteiger partial charge in [0, 0.05) is 18.0 Å². The van der Waals surface area contributed by atoms with Crippen molar-refractivity contribution in [1.29, 1.82) is 0 Å². The molecule has 2 aliphatic heterocycles. The molecular formula is C15H19NO. The van der Waals surface area contributed by atoms with Crippen LogP contribution >= 0.6 is 0 Å². The predicted molar refractivity (Wildman–Crippen MR) is 69.8 cm³/mol. The molecule has 2 nitrogen and oxygen atoms in total. The number of nitrogens with zero attached hydrogens (tertiary/aromatic N) is 1. The van der Waals surface area contributed by atoms with Gasteiger partial charge in [-0.25, -0.2) is 0 Å². The first-order valence-electron chi connectivity index (χ1n) is 6.13. The molecule has 0 radical (unpaired) electrons. The van der Waals surface area contributed by atoms with Crippen molar-refractivity contribution < 1.29 is 4.74 Å². The van der Waals surface area contributed by atoms with Crippen LogP contribution in [0, 0.1) is 17.8 Å². The maximum atomic E-state index is 5.29. The summed E-state index contributed by atoms with van der Waals surface area (Å²) >= 11 is 0. The molecule has 1 saturated heterocycles. The minimum atomic E-state index is 0.180. The Bertz CT molecular complexity index is 443. The Labute approximate surface area is 104 Å². The molecule has 1 fully saturated rings. The molecule has 0 aromatic carbocycles.